The minimum Gasteiger partial charge on any atom is -0.350 e. The van der Waals surface area contributed by atoms with Crippen molar-refractivity contribution in [1.82, 2.24) is 25.2 Å². The second kappa shape index (κ2) is 8.98. The summed E-state index contributed by atoms with van der Waals surface area (Å²) in [6, 6.07) is 9.97. The smallest absolute Gasteiger partial charge is 0.252 e. The zero-order valence-electron chi connectivity index (χ0n) is 18.7. The third-order valence-corrected chi connectivity index (χ3v) is 5.59. The molecule has 162 valence electrons. The SMILES string of the molecule is CC(C)NC(=O)c1cc(C2CCN(Cc3cnc(N(C)C)nc3)C2)nc2ccccc12. The third kappa shape index (κ3) is 4.82. The van der Waals surface area contributed by atoms with Gasteiger partial charge in [-0.1, -0.05) is 18.2 Å². The van der Waals surface area contributed by atoms with E-state index in [1.807, 2.05) is 75.6 Å². The highest BCUT2D eigenvalue weighted by molar-refractivity contribution is 6.06. The lowest BCUT2D eigenvalue weighted by molar-refractivity contribution is 0.0944. The molecule has 1 saturated heterocycles. The summed E-state index contributed by atoms with van der Waals surface area (Å²) in [6.45, 7) is 6.67. The molecule has 3 aromatic rings. The van der Waals surface area contributed by atoms with Crippen molar-refractivity contribution in [3.05, 3.63) is 59.5 Å². The molecule has 3 heterocycles. The van der Waals surface area contributed by atoms with Gasteiger partial charge in [0.15, 0.2) is 0 Å². The van der Waals surface area contributed by atoms with Crippen LogP contribution >= 0.6 is 0 Å². The molecule has 1 aliphatic heterocycles. The molecule has 7 heteroatoms. The number of rotatable bonds is 6. The molecule has 4 rings (SSSR count). The predicted molar refractivity (Wildman–Crippen MR) is 123 cm³/mol. The number of benzene rings is 1. The Hall–Kier alpha value is -3.06. The molecule has 1 fully saturated rings. The van der Waals surface area contributed by atoms with Gasteiger partial charge in [0, 0.05) is 68.2 Å². The van der Waals surface area contributed by atoms with Crippen LogP contribution in [0.1, 0.15) is 47.8 Å². The van der Waals surface area contributed by atoms with E-state index in [0.717, 1.165) is 54.2 Å². The highest BCUT2D eigenvalue weighted by Crippen LogP contribution is 2.30. The predicted octanol–water partition coefficient (Wildman–Crippen LogP) is 3.22. The summed E-state index contributed by atoms with van der Waals surface area (Å²) in [7, 11) is 3.87. The summed E-state index contributed by atoms with van der Waals surface area (Å²) < 4.78 is 0. The molecule has 1 atom stereocenters. The van der Waals surface area contributed by atoms with E-state index >= 15 is 0 Å². The van der Waals surface area contributed by atoms with Gasteiger partial charge in [-0.3, -0.25) is 14.7 Å². The first kappa shape index (κ1) is 21.2. The van der Waals surface area contributed by atoms with Crippen LogP contribution in [0, 0.1) is 0 Å². The van der Waals surface area contributed by atoms with Crippen LogP contribution in [-0.4, -0.2) is 59.0 Å². The van der Waals surface area contributed by atoms with E-state index < -0.39 is 0 Å². The number of amides is 1. The van der Waals surface area contributed by atoms with Gasteiger partial charge in [0.2, 0.25) is 5.95 Å². The molecule has 0 spiro atoms. The normalized spacial score (nSPS) is 16.7. The zero-order chi connectivity index (χ0) is 22.0. The molecule has 1 unspecified atom stereocenters. The van der Waals surface area contributed by atoms with Gasteiger partial charge in [0.1, 0.15) is 0 Å². The van der Waals surface area contributed by atoms with Gasteiger partial charge in [-0.15, -0.1) is 0 Å². The molecular weight excluding hydrogens is 388 g/mol. The topological polar surface area (TPSA) is 74.2 Å². The van der Waals surface area contributed by atoms with E-state index in [1.54, 1.807) is 0 Å². The van der Waals surface area contributed by atoms with E-state index in [-0.39, 0.29) is 11.9 Å². The van der Waals surface area contributed by atoms with Crippen LogP contribution in [0.5, 0.6) is 0 Å². The molecule has 1 aliphatic rings. The molecular formula is C24H30N6O. The minimum absolute atomic E-state index is 0.0390. The van der Waals surface area contributed by atoms with Gasteiger partial charge >= 0.3 is 0 Å². The Bertz CT molecular complexity index is 1060. The van der Waals surface area contributed by atoms with Gasteiger partial charge in [-0.2, -0.15) is 0 Å². The molecule has 31 heavy (non-hydrogen) atoms. The summed E-state index contributed by atoms with van der Waals surface area (Å²) >= 11 is 0. The molecule has 0 radical (unpaired) electrons. The van der Waals surface area contributed by atoms with Crippen LogP contribution in [0.2, 0.25) is 0 Å². The van der Waals surface area contributed by atoms with Crippen LogP contribution in [0.3, 0.4) is 0 Å². The Morgan fingerprint density at radius 3 is 2.68 bits per heavy atom. The van der Waals surface area contributed by atoms with Gasteiger partial charge < -0.3 is 10.2 Å². The number of anilines is 1. The van der Waals surface area contributed by atoms with E-state index in [4.69, 9.17) is 4.98 Å². The molecule has 1 aromatic carbocycles. The number of pyridine rings is 1. The van der Waals surface area contributed by atoms with Crippen molar-refractivity contribution >= 4 is 22.8 Å². The fourth-order valence-electron chi connectivity index (χ4n) is 4.07. The van der Waals surface area contributed by atoms with Crippen LogP contribution in [0.15, 0.2) is 42.7 Å². The summed E-state index contributed by atoms with van der Waals surface area (Å²) in [5, 5.41) is 3.93. The summed E-state index contributed by atoms with van der Waals surface area (Å²) in [5.74, 6) is 0.982. The molecule has 0 saturated carbocycles. The highest BCUT2D eigenvalue weighted by atomic mass is 16.1. The summed E-state index contributed by atoms with van der Waals surface area (Å²) in [4.78, 5) is 30.9. The lowest BCUT2D eigenvalue weighted by atomic mass is 9.99. The Labute approximate surface area is 183 Å². The van der Waals surface area contributed by atoms with Crippen molar-refractivity contribution < 1.29 is 4.79 Å². The monoisotopic (exact) mass is 418 g/mol. The molecule has 1 N–H and O–H groups in total. The Morgan fingerprint density at radius 1 is 1.23 bits per heavy atom. The van der Waals surface area contributed by atoms with Gasteiger partial charge in [0.25, 0.3) is 5.91 Å². The first-order chi connectivity index (χ1) is 14.9. The largest absolute Gasteiger partial charge is 0.350 e. The fourth-order valence-corrected chi connectivity index (χ4v) is 4.07. The maximum absolute atomic E-state index is 12.9. The van der Waals surface area contributed by atoms with Crippen molar-refractivity contribution in [3.8, 4) is 0 Å². The van der Waals surface area contributed by atoms with Crippen molar-refractivity contribution in [2.45, 2.75) is 38.8 Å². The number of nitrogens with zero attached hydrogens (tertiary/aromatic N) is 5. The number of likely N-dealkylation sites (tertiary alicyclic amines) is 1. The lowest BCUT2D eigenvalue weighted by Crippen LogP contribution is -2.30. The van der Waals surface area contributed by atoms with Crippen LogP contribution in [0.25, 0.3) is 10.9 Å². The van der Waals surface area contributed by atoms with Crippen LogP contribution in [-0.2, 0) is 6.54 Å². The average Bonchev–Trinajstić information content (AvgIpc) is 3.21. The third-order valence-electron chi connectivity index (χ3n) is 5.59. The molecule has 7 nitrogen and oxygen atoms in total. The number of hydrogen-bond donors (Lipinski definition) is 1. The van der Waals surface area contributed by atoms with E-state index in [9.17, 15) is 4.79 Å². The number of para-hydroxylation sites is 1. The second-order valence-corrected chi connectivity index (χ2v) is 8.75. The van der Waals surface area contributed by atoms with Crippen molar-refractivity contribution in [2.75, 3.05) is 32.1 Å². The van der Waals surface area contributed by atoms with Gasteiger partial charge in [-0.25, -0.2) is 9.97 Å². The van der Waals surface area contributed by atoms with Gasteiger partial charge in [0.05, 0.1) is 11.1 Å². The number of fused-ring (bicyclic) bond motifs is 1. The number of carbonyl (C=O) groups is 1. The second-order valence-electron chi connectivity index (χ2n) is 8.75. The molecule has 0 bridgehead atoms. The maximum atomic E-state index is 12.9. The summed E-state index contributed by atoms with van der Waals surface area (Å²) in [5.41, 5.74) is 3.68. The highest BCUT2D eigenvalue weighted by Gasteiger charge is 2.26. The number of carbonyl (C=O) groups excluding carboxylic acids is 1. The Morgan fingerprint density at radius 2 is 1.97 bits per heavy atom. The van der Waals surface area contributed by atoms with E-state index in [1.165, 1.54) is 0 Å². The van der Waals surface area contributed by atoms with Crippen molar-refractivity contribution in [3.63, 3.8) is 0 Å². The van der Waals surface area contributed by atoms with Crippen molar-refractivity contribution in [1.29, 1.82) is 0 Å². The van der Waals surface area contributed by atoms with E-state index in [0.29, 0.717) is 11.5 Å². The maximum Gasteiger partial charge on any atom is 0.252 e. The lowest BCUT2D eigenvalue weighted by Gasteiger charge is -2.17. The molecule has 2 aromatic heterocycles. The van der Waals surface area contributed by atoms with Gasteiger partial charge in [-0.05, 0) is 38.9 Å². The first-order valence-electron chi connectivity index (χ1n) is 10.8. The number of aromatic nitrogens is 3. The molecule has 0 aliphatic carbocycles. The number of hydrogen-bond acceptors (Lipinski definition) is 6. The molecule has 1 amide bonds. The van der Waals surface area contributed by atoms with E-state index in [2.05, 4.69) is 20.2 Å². The van der Waals surface area contributed by atoms with Crippen LogP contribution in [0.4, 0.5) is 5.95 Å². The zero-order valence-corrected chi connectivity index (χ0v) is 18.7. The average molecular weight is 419 g/mol. The van der Waals surface area contributed by atoms with Crippen LogP contribution < -0.4 is 10.2 Å². The van der Waals surface area contributed by atoms with Crippen molar-refractivity contribution in [2.24, 2.45) is 0 Å². The Balaban J connectivity index is 1.53. The standard InChI is InChI=1S/C24H30N6O/c1-16(2)27-23(31)20-11-22(28-21-8-6-5-7-19(20)21)18-9-10-30(15-18)14-17-12-25-24(26-13-17)29(3)4/h5-8,11-13,16,18H,9-10,14-15H2,1-4H3,(H,27,31). The minimum atomic E-state index is -0.0390. The quantitative estimate of drug-likeness (QED) is 0.663. The fraction of sp³-hybridized carbons (Fsp3) is 0.417. The summed E-state index contributed by atoms with van der Waals surface area (Å²) in [6.07, 6.45) is 4.82. The Kier molecular flexibility index (Phi) is 6.13. The first-order valence-corrected chi connectivity index (χ1v) is 10.8. The number of nitrogens with one attached hydrogen (secondary N) is 1.